The van der Waals surface area contributed by atoms with E-state index in [0.717, 1.165) is 38.5 Å². The molecule has 0 saturated carbocycles. The Labute approximate surface area is 119 Å². The highest BCUT2D eigenvalue weighted by molar-refractivity contribution is 4.75. The third-order valence-electron chi connectivity index (χ3n) is 3.95. The van der Waals surface area contributed by atoms with Crippen LogP contribution in [0.5, 0.6) is 0 Å². The van der Waals surface area contributed by atoms with Crippen LogP contribution in [0.3, 0.4) is 0 Å². The zero-order chi connectivity index (χ0) is 14.6. The number of rotatable bonds is 13. The maximum absolute atomic E-state index is 9.85. The molecule has 1 atom stereocenters. The van der Waals surface area contributed by atoms with Gasteiger partial charge in [-0.3, -0.25) is 0 Å². The molecule has 0 spiro atoms. The van der Waals surface area contributed by atoms with Crippen LogP contribution in [-0.2, 0) is 0 Å². The third kappa shape index (κ3) is 9.42. The summed E-state index contributed by atoms with van der Waals surface area (Å²) in [5.41, 5.74) is 0. The summed E-state index contributed by atoms with van der Waals surface area (Å²) in [7, 11) is 0. The molecule has 3 N–H and O–H groups in total. The summed E-state index contributed by atoms with van der Waals surface area (Å²) >= 11 is 0. The van der Waals surface area contributed by atoms with E-state index in [9.17, 15) is 10.2 Å². The molecule has 0 saturated heterocycles. The Kier molecular flexibility index (Phi) is 11.6. The van der Waals surface area contributed by atoms with Crippen molar-refractivity contribution in [3.8, 4) is 0 Å². The normalized spacial score (nSPS) is 13.7. The maximum Gasteiger partial charge on any atom is 0.189 e. The number of hydrogen-bond acceptors (Lipinski definition) is 3. The highest BCUT2D eigenvalue weighted by Crippen LogP contribution is 2.27. The van der Waals surface area contributed by atoms with E-state index in [0.29, 0.717) is 0 Å². The molecule has 0 radical (unpaired) electrons. The summed E-state index contributed by atoms with van der Waals surface area (Å²) in [4.78, 5) is 0. The van der Waals surface area contributed by atoms with Gasteiger partial charge in [-0.2, -0.15) is 0 Å². The van der Waals surface area contributed by atoms with E-state index in [-0.39, 0.29) is 5.92 Å². The summed E-state index contributed by atoms with van der Waals surface area (Å²) in [6.07, 6.45) is 12.1. The van der Waals surface area contributed by atoms with Crippen LogP contribution in [0.4, 0.5) is 0 Å². The molecule has 0 aromatic heterocycles. The molecule has 0 aromatic rings. The van der Waals surface area contributed by atoms with E-state index >= 15 is 0 Å². The van der Waals surface area contributed by atoms with Gasteiger partial charge < -0.3 is 15.3 Å². The molecule has 3 heteroatoms. The second-order valence-electron chi connectivity index (χ2n) is 5.79. The molecular weight excluding hydrogens is 240 g/mol. The van der Waals surface area contributed by atoms with Crippen molar-refractivity contribution >= 4 is 0 Å². The number of aliphatic hydroxyl groups is 3. The SMILES string of the molecule is CCCCCCCC(CCCCCC)C(O)(O)CO. The fourth-order valence-electron chi connectivity index (χ4n) is 2.55. The van der Waals surface area contributed by atoms with Crippen molar-refractivity contribution in [2.75, 3.05) is 6.61 Å². The fraction of sp³-hybridized carbons (Fsp3) is 1.00. The van der Waals surface area contributed by atoms with Gasteiger partial charge in [0.05, 0.1) is 6.61 Å². The Morgan fingerprint density at radius 2 is 1.16 bits per heavy atom. The van der Waals surface area contributed by atoms with Crippen LogP contribution in [0.15, 0.2) is 0 Å². The van der Waals surface area contributed by atoms with Crippen molar-refractivity contribution in [3.05, 3.63) is 0 Å². The number of hydrogen-bond donors (Lipinski definition) is 3. The molecule has 116 valence electrons. The molecule has 0 aliphatic carbocycles. The second-order valence-corrected chi connectivity index (χ2v) is 5.79. The van der Waals surface area contributed by atoms with Gasteiger partial charge in [-0.15, -0.1) is 0 Å². The minimum absolute atomic E-state index is 0.184. The van der Waals surface area contributed by atoms with E-state index in [1.54, 1.807) is 0 Å². The topological polar surface area (TPSA) is 60.7 Å². The van der Waals surface area contributed by atoms with E-state index in [2.05, 4.69) is 13.8 Å². The largest absolute Gasteiger partial charge is 0.391 e. The van der Waals surface area contributed by atoms with E-state index < -0.39 is 12.4 Å². The second kappa shape index (κ2) is 11.7. The molecule has 0 rings (SSSR count). The minimum atomic E-state index is -1.89. The van der Waals surface area contributed by atoms with Gasteiger partial charge >= 0.3 is 0 Å². The highest BCUT2D eigenvalue weighted by atomic mass is 16.5. The Hall–Kier alpha value is -0.120. The molecule has 0 fully saturated rings. The van der Waals surface area contributed by atoms with Crippen LogP contribution in [0.25, 0.3) is 0 Å². The summed E-state index contributed by atoms with van der Waals surface area (Å²) in [6.45, 7) is 3.80. The van der Waals surface area contributed by atoms with Crippen molar-refractivity contribution in [3.63, 3.8) is 0 Å². The number of unbranched alkanes of at least 4 members (excludes halogenated alkanes) is 7. The maximum atomic E-state index is 9.85. The quantitative estimate of drug-likeness (QED) is 0.355. The Balaban J connectivity index is 3.97. The monoisotopic (exact) mass is 274 g/mol. The lowest BCUT2D eigenvalue weighted by Crippen LogP contribution is -2.41. The van der Waals surface area contributed by atoms with Crippen LogP contribution in [-0.4, -0.2) is 27.7 Å². The molecule has 1 unspecified atom stereocenters. The molecule has 0 aliphatic rings. The Morgan fingerprint density at radius 1 is 0.737 bits per heavy atom. The first-order chi connectivity index (χ1) is 9.08. The van der Waals surface area contributed by atoms with Crippen molar-refractivity contribution in [1.29, 1.82) is 0 Å². The summed E-state index contributed by atoms with van der Waals surface area (Å²) in [5.74, 6) is -2.08. The minimum Gasteiger partial charge on any atom is -0.391 e. The summed E-state index contributed by atoms with van der Waals surface area (Å²) in [5, 5.41) is 28.8. The van der Waals surface area contributed by atoms with Gasteiger partial charge in [0.25, 0.3) is 0 Å². The third-order valence-corrected chi connectivity index (χ3v) is 3.95. The van der Waals surface area contributed by atoms with Gasteiger partial charge in [-0.1, -0.05) is 71.6 Å². The standard InChI is InChI=1S/C16H34O3/c1-3-5-7-9-11-13-15(16(18,19)14-17)12-10-8-6-4-2/h15,17-19H,3-14H2,1-2H3. The molecular formula is C16H34O3. The number of aliphatic hydroxyl groups excluding tert-OH is 1. The van der Waals surface area contributed by atoms with Crippen molar-refractivity contribution < 1.29 is 15.3 Å². The zero-order valence-electron chi connectivity index (χ0n) is 12.9. The van der Waals surface area contributed by atoms with E-state index in [1.165, 1.54) is 32.1 Å². The first kappa shape index (κ1) is 18.9. The lowest BCUT2D eigenvalue weighted by molar-refractivity contribution is -0.225. The van der Waals surface area contributed by atoms with Crippen molar-refractivity contribution in [2.24, 2.45) is 5.92 Å². The van der Waals surface area contributed by atoms with Gasteiger partial charge in [-0.25, -0.2) is 0 Å². The van der Waals surface area contributed by atoms with Gasteiger partial charge in [-0.05, 0) is 12.8 Å². The molecule has 0 aromatic carbocycles. The van der Waals surface area contributed by atoms with Crippen LogP contribution in [0.2, 0.25) is 0 Å². The first-order valence-electron chi connectivity index (χ1n) is 8.14. The molecule has 19 heavy (non-hydrogen) atoms. The van der Waals surface area contributed by atoms with E-state index in [4.69, 9.17) is 5.11 Å². The lowest BCUT2D eigenvalue weighted by Gasteiger charge is -2.30. The van der Waals surface area contributed by atoms with Crippen LogP contribution in [0.1, 0.15) is 84.5 Å². The summed E-state index contributed by atoms with van der Waals surface area (Å²) in [6, 6.07) is 0. The Bertz CT molecular complexity index is 192. The van der Waals surface area contributed by atoms with E-state index in [1.807, 2.05) is 0 Å². The van der Waals surface area contributed by atoms with Crippen molar-refractivity contribution in [2.45, 2.75) is 90.3 Å². The highest BCUT2D eigenvalue weighted by Gasteiger charge is 2.32. The molecule has 0 amide bonds. The molecule has 0 bridgehead atoms. The molecule has 3 nitrogen and oxygen atoms in total. The van der Waals surface area contributed by atoms with Gasteiger partial charge in [0.15, 0.2) is 5.79 Å². The van der Waals surface area contributed by atoms with Gasteiger partial charge in [0.1, 0.15) is 0 Å². The van der Waals surface area contributed by atoms with Gasteiger partial charge in [0, 0.05) is 5.92 Å². The van der Waals surface area contributed by atoms with Crippen molar-refractivity contribution in [1.82, 2.24) is 0 Å². The smallest absolute Gasteiger partial charge is 0.189 e. The van der Waals surface area contributed by atoms with Gasteiger partial charge in [0.2, 0.25) is 0 Å². The zero-order valence-corrected chi connectivity index (χ0v) is 12.9. The average molecular weight is 274 g/mol. The predicted octanol–water partition coefficient (Wildman–Crippen LogP) is 3.61. The Morgan fingerprint density at radius 3 is 1.58 bits per heavy atom. The van der Waals surface area contributed by atoms with Crippen LogP contribution in [0, 0.1) is 5.92 Å². The summed E-state index contributed by atoms with van der Waals surface area (Å²) < 4.78 is 0. The average Bonchev–Trinajstić information content (AvgIpc) is 2.40. The van der Waals surface area contributed by atoms with Crippen LogP contribution >= 0.6 is 0 Å². The molecule has 0 aliphatic heterocycles. The van der Waals surface area contributed by atoms with Crippen LogP contribution < -0.4 is 0 Å². The molecule has 0 heterocycles. The lowest BCUT2D eigenvalue weighted by atomic mass is 9.87. The fourth-order valence-corrected chi connectivity index (χ4v) is 2.55. The first-order valence-corrected chi connectivity index (χ1v) is 8.14. The predicted molar refractivity (Wildman–Crippen MR) is 79.9 cm³/mol.